The zero-order valence-electron chi connectivity index (χ0n) is 9.37. The highest BCUT2D eigenvalue weighted by Crippen LogP contribution is 2.37. The molecule has 0 aliphatic carbocycles. The Morgan fingerprint density at radius 1 is 1.17 bits per heavy atom. The van der Waals surface area contributed by atoms with E-state index in [9.17, 15) is 8.42 Å². The first-order valence-corrected chi connectivity index (χ1v) is 6.77. The third kappa shape index (κ3) is 1.60. The second-order valence-corrected chi connectivity index (χ2v) is 5.40. The maximum Gasteiger partial charge on any atom is 0.304 e. The normalized spacial score (nSPS) is 21.0. The van der Waals surface area contributed by atoms with Crippen LogP contribution in [0.5, 0.6) is 5.75 Å². The van der Waals surface area contributed by atoms with Crippen LogP contribution in [0.25, 0.3) is 10.8 Å². The van der Waals surface area contributed by atoms with Gasteiger partial charge in [-0.2, -0.15) is 8.42 Å². The fourth-order valence-corrected chi connectivity index (χ4v) is 3.26. The van der Waals surface area contributed by atoms with Crippen LogP contribution in [0.1, 0.15) is 0 Å². The Morgan fingerprint density at radius 2 is 1.94 bits per heavy atom. The van der Waals surface area contributed by atoms with Crippen LogP contribution in [0.3, 0.4) is 0 Å². The Bertz CT molecular complexity index is 734. The number of rotatable bonds is 1. The van der Waals surface area contributed by atoms with Gasteiger partial charge < -0.3 is 4.74 Å². The average molecular weight is 262 g/mol. The van der Waals surface area contributed by atoms with Gasteiger partial charge in [-0.25, -0.2) is 4.18 Å². The van der Waals surface area contributed by atoms with Crippen molar-refractivity contribution in [3.05, 3.63) is 49.1 Å². The van der Waals surface area contributed by atoms with Gasteiger partial charge in [-0.05, 0) is 17.5 Å². The van der Waals surface area contributed by atoms with E-state index in [1.807, 2.05) is 18.2 Å². The summed E-state index contributed by atoms with van der Waals surface area (Å²) in [7, 11) is -3.83. The van der Waals surface area contributed by atoms with Crippen LogP contribution in [0.15, 0.2) is 53.9 Å². The fraction of sp³-hybridized carbons (Fsp3) is 0.0769. The lowest BCUT2D eigenvalue weighted by Gasteiger charge is -2.24. The molecule has 1 atom stereocenters. The van der Waals surface area contributed by atoms with Gasteiger partial charge in [0.1, 0.15) is 10.6 Å². The SMILES string of the molecule is C=CC1Oc2ccc3ccccc3c2S(=O)(=O)O1. The first-order chi connectivity index (χ1) is 8.62. The summed E-state index contributed by atoms with van der Waals surface area (Å²) in [5, 5.41) is 1.42. The Hall–Kier alpha value is -1.85. The Balaban J connectivity index is 2.37. The third-order valence-electron chi connectivity index (χ3n) is 2.75. The zero-order valence-corrected chi connectivity index (χ0v) is 10.2. The lowest BCUT2D eigenvalue weighted by Crippen LogP contribution is -2.28. The molecular weight excluding hydrogens is 252 g/mol. The Kier molecular flexibility index (Phi) is 2.39. The molecule has 1 aliphatic rings. The van der Waals surface area contributed by atoms with E-state index in [4.69, 9.17) is 8.92 Å². The van der Waals surface area contributed by atoms with Crippen LogP contribution in [-0.4, -0.2) is 14.7 Å². The molecular formula is C13H10O4S. The quantitative estimate of drug-likeness (QED) is 0.585. The smallest absolute Gasteiger partial charge is 0.304 e. The van der Waals surface area contributed by atoms with E-state index in [2.05, 4.69) is 6.58 Å². The average Bonchev–Trinajstić information content (AvgIpc) is 2.37. The lowest BCUT2D eigenvalue weighted by atomic mass is 10.1. The van der Waals surface area contributed by atoms with Crippen molar-refractivity contribution in [2.75, 3.05) is 0 Å². The van der Waals surface area contributed by atoms with Gasteiger partial charge in [0, 0.05) is 5.39 Å². The van der Waals surface area contributed by atoms with Crippen LogP contribution >= 0.6 is 0 Å². The van der Waals surface area contributed by atoms with Gasteiger partial charge in [0.15, 0.2) is 0 Å². The molecule has 0 amide bonds. The maximum atomic E-state index is 12.1. The van der Waals surface area contributed by atoms with Crippen molar-refractivity contribution in [3.63, 3.8) is 0 Å². The summed E-state index contributed by atoms with van der Waals surface area (Å²) in [6.45, 7) is 3.47. The van der Waals surface area contributed by atoms with Crippen LogP contribution in [0.2, 0.25) is 0 Å². The van der Waals surface area contributed by atoms with Crippen LogP contribution in [0, 0.1) is 0 Å². The first-order valence-electron chi connectivity index (χ1n) is 5.36. The highest BCUT2D eigenvalue weighted by atomic mass is 32.2. The van der Waals surface area contributed by atoms with Crippen molar-refractivity contribution in [2.45, 2.75) is 11.2 Å². The van der Waals surface area contributed by atoms with Crippen molar-refractivity contribution in [3.8, 4) is 5.75 Å². The van der Waals surface area contributed by atoms with Crippen molar-refractivity contribution in [1.29, 1.82) is 0 Å². The van der Waals surface area contributed by atoms with Crippen LogP contribution in [0.4, 0.5) is 0 Å². The van der Waals surface area contributed by atoms with E-state index in [0.29, 0.717) is 11.1 Å². The molecule has 2 aromatic rings. The minimum absolute atomic E-state index is 0.0821. The predicted octanol–water partition coefficient (Wildman–Crippen LogP) is 2.45. The molecule has 5 heteroatoms. The second-order valence-electron chi connectivity index (χ2n) is 3.89. The molecule has 92 valence electrons. The molecule has 0 saturated heterocycles. The van der Waals surface area contributed by atoms with E-state index >= 15 is 0 Å². The van der Waals surface area contributed by atoms with Gasteiger partial charge in [0.05, 0.1) is 0 Å². The van der Waals surface area contributed by atoms with Gasteiger partial charge in [0.25, 0.3) is 0 Å². The van der Waals surface area contributed by atoms with E-state index in [-0.39, 0.29) is 4.90 Å². The first kappa shape index (κ1) is 11.3. The van der Waals surface area contributed by atoms with Gasteiger partial charge in [0.2, 0.25) is 6.29 Å². The number of hydrogen-bond acceptors (Lipinski definition) is 4. The largest absolute Gasteiger partial charge is 0.459 e. The van der Waals surface area contributed by atoms with Crippen molar-refractivity contribution in [2.24, 2.45) is 0 Å². The van der Waals surface area contributed by atoms with E-state index < -0.39 is 16.4 Å². The summed E-state index contributed by atoms with van der Waals surface area (Å²) in [6, 6.07) is 10.6. The second kappa shape index (κ2) is 3.83. The molecule has 3 rings (SSSR count). The molecule has 1 aliphatic heterocycles. The van der Waals surface area contributed by atoms with Crippen LogP contribution < -0.4 is 4.74 Å². The fourth-order valence-electron chi connectivity index (χ4n) is 1.98. The molecule has 1 heterocycles. The highest BCUT2D eigenvalue weighted by Gasteiger charge is 2.32. The summed E-state index contributed by atoms with van der Waals surface area (Å²) in [6.07, 6.45) is 0.332. The van der Waals surface area contributed by atoms with Gasteiger partial charge in [-0.3, -0.25) is 0 Å². The number of hydrogen-bond donors (Lipinski definition) is 0. The molecule has 2 aromatic carbocycles. The molecule has 18 heavy (non-hydrogen) atoms. The van der Waals surface area contributed by atoms with Crippen molar-refractivity contribution >= 4 is 20.9 Å². The molecule has 0 radical (unpaired) electrons. The van der Waals surface area contributed by atoms with E-state index in [0.717, 1.165) is 5.39 Å². The minimum atomic E-state index is -3.83. The minimum Gasteiger partial charge on any atom is -0.459 e. The highest BCUT2D eigenvalue weighted by molar-refractivity contribution is 7.87. The Labute approximate surface area is 105 Å². The number of ether oxygens (including phenoxy) is 1. The molecule has 0 saturated carbocycles. The lowest BCUT2D eigenvalue weighted by molar-refractivity contribution is 0.0394. The summed E-state index contributed by atoms with van der Waals surface area (Å²) < 4.78 is 34.5. The predicted molar refractivity (Wildman–Crippen MR) is 66.8 cm³/mol. The Morgan fingerprint density at radius 3 is 2.72 bits per heavy atom. The van der Waals surface area contributed by atoms with Crippen molar-refractivity contribution < 1.29 is 17.3 Å². The van der Waals surface area contributed by atoms with Gasteiger partial charge >= 0.3 is 10.1 Å². The third-order valence-corrected chi connectivity index (χ3v) is 4.11. The summed E-state index contributed by atoms with van der Waals surface area (Å²) in [5.74, 6) is 0.296. The topological polar surface area (TPSA) is 52.6 Å². The molecule has 4 nitrogen and oxygen atoms in total. The molecule has 0 aromatic heterocycles. The van der Waals surface area contributed by atoms with E-state index in [1.54, 1.807) is 18.2 Å². The summed E-state index contributed by atoms with van der Waals surface area (Å²) in [4.78, 5) is 0.0821. The molecule has 1 unspecified atom stereocenters. The summed E-state index contributed by atoms with van der Waals surface area (Å²) >= 11 is 0. The van der Waals surface area contributed by atoms with E-state index in [1.165, 1.54) is 6.08 Å². The molecule has 0 fully saturated rings. The molecule has 0 N–H and O–H groups in total. The summed E-state index contributed by atoms with van der Waals surface area (Å²) in [5.41, 5.74) is 0. The standard InChI is InChI=1S/C13H10O4S/c1-2-12-16-11-8-7-9-5-3-4-6-10(9)13(11)18(14,15)17-12/h2-8,12H,1H2. The molecule has 0 bridgehead atoms. The number of fused-ring (bicyclic) bond motifs is 3. The number of benzene rings is 2. The zero-order chi connectivity index (χ0) is 12.8. The monoisotopic (exact) mass is 262 g/mol. The molecule has 0 spiro atoms. The van der Waals surface area contributed by atoms with Gasteiger partial charge in [-0.1, -0.05) is 36.9 Å². The van der Waals surface area contributed by atoms with Crippen molar-refractivity contribution in [1.82, 2.24) is 0 Å². The maximum absolute atomic E-state index is 12.1. The van der Waals surface area contributed by atoms with Crippen LogP contribution in [-0.2, 0) is 14.3 Å². The van der Waals surface area contributed by atoms with Gasteiger partial charge in [-0.15, -0.1) is 0 Å².